The average molecular weight is 317 g/mol. The summed E-state index contributed by atoms with van der Waals surface area (Å²) >= 11 is 0.574. The minimum Gasteiger partial charge on any atom is -0.477 e. The van der Waals surface area contributed by atoms with Gasteiger partial charge < -0.3 is 10.1 Å². The summed E-state index contributed by atoms with van der Waals surface area (Å²) in [6, 6.07) is 3.56. The Bertz CT molecular complexity index is 586. The minimum absolute atomic E-state index is 0.215. The molecule has 21 heavy (non-hydrogen) atoms. The standard InChI is InChI=1S/C13H14F3N3OS/c1-2-6-20-11-9(4-3-5-17-11)7-18-12-19-8-10(21-12)13(14,15)16/h3-5,8H,2,6-7H2,1H3,(H,18,19). The molecule has 0 aliphatic heterocycles. The van der Waals surface area contributed by atoms with E-state index in [-0.39, 0.29) is 5.13 Å². The average Bonchev–Trinajstić information content (AvgIpc) is 2.92. The van der Waals surface area contributed by atoms with Crippen molar-refractivity contribution < 1.29 is 17.9 Å². The van der Waals surface area contributed by atoms with Crippen LogP contribution in [-0.4, -0.2) is 16.6 Å². The fourth-order valence-corrected chi connectivity index (χ4v) is 2.22. The zero-order valence-corrected chi connectivity index (χ0v) is 12.1. The molecule has 0 saturated carbocycles. The van der Waals surface area contributed by atoms with Gasteiger partial charge in [-0.05, 0) is 12.5 Å². The van der Waals surface area contributed by atoms with Crippen molar-refractivity contribution in [2.45, 2.75) is 26.1 Å². The van der Waals surface area contributed by atoms with Gasteiger partial charge in [-0.1, -0.05) is 24.3 Å². The molecule has 8 heteroatoms. The van der Waals surface area contributed by atoms with E-state index >= 15 is 0 Å². The summed E-state index contributed by atoms with van der Waals surface area (Å²) in [6.07, 6.45) is -1.07. The lowest BCUT2D eigenvalue weighted by molar-refractivity contribution is -0.134. The number of aromatic nitrogens is 2. The highest BCUT2D eigenvalue weighted by Crippen LogP contribution is 2.35. The highest BCUT2D eigenvalue weighted by atomic mass is 32.1. The van der Waals surface area contributed by atoms with Crippen molar-refractivity contribution in [3.63, 3.8) is 0 Å². The van der Waals surface area contributed by atoms with Gasteiger partial charge in [0, 0.05) is 18.3 Å². The first kappa shape index (κ1) is 15.6. The molecule has 114 valence electrons. The van der Waals surface area contributed by atoms with Crippen LogP contribution < -0.4 is 10.1 Å². The van der Waals surface area contributed by atoms with Crippen LogP contribution in [0.1, 0.15) is 23.8 Å². The number of nitrogens with one attached hydrogen (secondary N) is 1. The summed E-state index contributed by atoms with van der Waals surface area (Å²) in [5, 5.41) is 3.07. The van der Waals surface area contributed by atoms with Gasteiger partial charge in [0.25, 0.3) is 0 Å². The Morgan fingerprint density at radius 3 is 2.81 bits per heavy atom. The third-order valence-corrected chi connectivity index (χ3v) is 3.51. The number of anilines is 1. The molecule has 2 heterocycles. The van der Waals surface area contributed by atoms with Gasteiger partial charge in [-0.2, -0.15) is 13.2 Å². The van der Waals surface area contributed by atoms with Crippen molar-refractivity contribution in [2.75, 3.05) is 11.9 Å². The fourth-order valence-electron chi connectivity index (χ4n) is 1.55. The normalized spacial score (nSPS) is 11.4. The lowest BCUT2D eigenvalue weighted by Gasteiger charge is -2.09. The number of alkyl halides is 3. The number of ether oxygens (including phenoxy) is 1. The SMILES string of the molecule is CCCOc1ncccc1CNc1ncc(C(F)(F)F)s1. The molecule has 0 unspecified atom stereocenters. The zero-order valence-electron chi connectivity index (χ0n) is 11.3. The molecule has 0 radical (unpaired) electrons. The Hall–Kier alpha value is -1.83. The van der Waals surface area contributed by atoms with Gasteiger partial charge in [-0.15, -0.1) is 0 Å². The maximum atomic E-state index is 12.5. The van der Waals surface area contributed by atoms with E-state index in [0.717, 1.165) is 18.2 Å². The predicted molar refractivity (Wildman–Crippen MR) is 74.5 cm³/mol. The number of rotatable bonds is 6. The molecule has 0 aliphatic carbocycles. The molecule has 0 saturated heterocycles. The van der Waals surface area contributed by atoms with Crippen molar-refractivity contribution in [2.24, 2.45) is 0 Å². The summed E-state index contributed by atoms with van der Waals surface area (Å²) < 4.78 is 42.9. The molecule has 2 rings (SSSR count). The van der Waals surface area contributed by atoms with Gasteiger partial charge in [-0.25, -0.2) is 9.97 Å². The number of pyridine rings is 1. The van der Waals surface area contributed by atoms with E-state index in [1.807, 2.05) is 13.0 Å². The van der Waals surface area contributed by atoms with Crippen molar-refractivity contribution in [3.05, 3.63) is 35.0 Å². The second-order valence-electron chi connectivity index (χ2n) is 4.20. The van der Waals surface area contributed by atoms with E-state index in [2.05, 4.69) is 15.3 Å². The number of hydrogen-bond donors (Lipinski definition) is 1. The zero-order chi connectivity index (χ0) is 15.3. The van der Waals surface area contributed by atoms with Gasteiger partial charge >= 0.3 is 6.18 Å². The maximum Gasteiger partial charge on any atom is 0.427 e. The first-order valence-corrected chi connectivity index (χ1v) is 7.16. The van der Waals surface area contributed by atoms with Gasteiger partial charge in [0.2, 0.25) is 5.88 Å². The first-order chi connectivity index (χ1) is 10.0. The Kier molecular flexibility index (Phi) is 5.00. The van der Waals surface area contributed by atoms with Crippen LogP contribution in [0.4, 0.5) is 18.3 Å². The summed E-state index contributed by atoms with van der Waals surface area (Å²) in [7, 11) is 0. The summed E-state index contributed by atoms with van der Waals surface area (Å²) in [5.41, 5.74) is 0.773. The van der Waals surface area contributed by atoms with Crippen LogP contribution in [0.25, 0.3) is 0 Å². The highest BCUT2D eigenvalue weighted by Gasteiger charge is 2.33. The Morgan fingerprint density at radius 1 is 1.33 bits per heavy atom. The molecule has 2 aromatic heterocycles. The van der Waals surface area contributed by atoms with E-state index in [1.165, 1.54) is 0 Å². The van der Waals surface area contributed by atoms with Gasteiger partial charge in [0.05, 0.1) is 12.8 Å². The summed E-state index contributed by atoms with van der Waals surface area (Å²) in [6.45, 7) is 2.83. The highest BCUT2D eigenvalue weighted by molar-refractivity contribution is 7.15. The Balaban J connectivity index is 2.01. The molecule has 1 N–H and O–H groups in total. The van der Waals surface area contributed by atoms with Crippen LogP contribution in [0, 0.1) is 0 Å². The number of halogens is 3. The van der Waals surface area contributed by atoms with Crippen LogP contribution in [0.3, 0.4) is 0 Å². The molecular formula is C13H14F3N3OS. The van der Waals surface area contributed by atoms with Gasteiger partial charge in [0.1, 0.15) is 4.88 Å². The van der Waals surface area contributed by atoms with Crippen LogP contribution in [0.2, 0.25) is 0 Å². The summed E-state index contributed by atoms with van der Waals surface area (Å²) in [4.78, 5) is 7.11. The lowest BCUT2D eigenvalue weighted by Crippen LogP contribution is -2.05. The number of thiazole rings is 1. The van der Waals surface area contributed by atoms with Crippen LogP contribution >= 0.6 is 11.3 Å². The quantitative estimate of drug-likeness (QED) is 0.876. The molecule has 0 atom stereocenters. The molecule has 4 nitrogen and oxygen atoms in total. The van der Waals surface area contributed by atoms with Crippen molar-refractivity contribution in [3.8, 4) is 5.88 Å². The maximum absolute atomic E-state index is 12.5. The van der Waals surface area contributed by atoms with Crippen molar-refractivity contribution >= 4 is 16.5 Å². The van der Waals surface area contributed by atoms with Gasteiger partial charge in [-0.3, -0.25) is 0 Å². The number of hydrogen-bond acceptors (Lipinski definition) is 5. The molecule has 0 fully saturated rings. The largest absolute Gasteiger partial charge is 0.477 e. The molecule has 0 bridgehead atoms. The van der Waals surface area contributed by atoms with Crippen molar-refractivity contribution in [1.82, 2.24) is 9.97 Å². The monoisotopic (exact) mass is 317 g/mol. The second-order valence-corrected chi connectivity index (χ2v) is 5.23. The predicted octanol–water partition coefficient (Wildman–Crippen LogP) is 3.96. The fraction of sp³-hybridized carbons (Fsp3) is 0.385. The van der Waals surface area contributed by atoms with Crippen LogP contribution in [0.15, 0.2) is 24.5 Å². The van der Waals surface area contributed by atoms with E-state index < -0.39 is 11.1 Å². The second kappa shape index (κ2) is 6.75. The smallest absolute Gasteiger partial charge is 0.427 e. The third kappa shape index (κ3) is 4.32. The lowest BCUT2D eigenvalue weighted by atomic mass is 10.2. The van der Waals surface area contributed by atoms with Crippen LogP contribution in [-0.2, 0) is 12.7 Å². The number of nitrogens with zero attached hydrogens (tertiary/aromatic N) is 2. The Morgan fingerprint density at radius 2 is 2.14 bits per heavy atom. The van der Waals surface area contributed by atoms with E-state index in [4.69, 9.17) is 4.74 Å². The molecule has 0 amide bonds. The van der Waals surface area contributed by atoms with Gasteiger partial charge in [0.15, 0.2) is 5.13 Å². The molecule has 0 spiro atoms. The molecule has 2 aromatic rings. The van der Waals surface area contributed by atoms with Crippen molar-refractivity contribution in [1.29, 1.82) is 0 Å². The third-order valence-electron chi connectivity index (χ3n) is 2.51. The topological polar surface area (TPSA) is 47.0 Å². The summed E-state index contributed by atoms with van der Waals surface area (Å²) in [5.74, 6) is 0.486. The molecule has 0 aromatic carbocycles. The first-order valence-electron chi connectivity index (χ1n) is 6.34. The van der Waals surface area contributed by atoms with E-state index in [0.29, 0.717) is 30.4 Å². The minimum atomic E-state index is -4.36. The van der Waals surface area contributed by atoms with E-state index in [9.17, 15) is 13.2 Å². The molecule has 0 aliphatic rings. The van der Waals surface area contributed by atoms with E-state index in [1.54, 1.807) is 12.3 Å². The van der Waals surface area contributed by atoms with Crippen LogP contribution in [0.5, 0.6) is 5.88 Å². The Labute approximate surface area is 124 Å². The molecular weight excluding hydrogens is 303 g/mol.